The fraction of sp³-hybridized carbons (Fsp3) is 0.312. The van der Waals surface area contributed by atoms with E-state index >= 15 is 0 Å². The maximum atomic E-state index is 5.79. The molecule has 0 saturated carbocycles. The number of hydrogen-bond donors (Lipinski definition) is 0. The molecule has 3 nitrogen and oxygen atoms in total. The van der Waals surface area contributed by atoms with Gasteiger partial charge in [0.1, 0.15) is 5.76 Å². The van der Waals surface area contributed by atoms with Crippen LogP contribution in [0.15, 0.2) is 45.8 Å². The molecule has 0 unspecified atom stereocenters. The maximum absolute atomic E-state index is 5.79. The molecule has 0 radical (unpaired) electrons. The van der Waals surface area contributed by atoms with Crippen molar-refractivity contribution in [1.29, 1.82) is 0 Å². The van der Waals surface area contributed by atoms with Gasteiger partial charge in [0.15, 0.2) is 5.88 Å². The van der Waals surface area contributed by atoms with E-state index in [4.69, 9.17) is 4.42 Å². The Kier molecular flexibility index (Phi) is 3.36. The lowest BCUT2D eigenvalue weighted by molar-refractivity contribution is 0.550. The lowest BCUT2D eigenvalue weighted by Gasteiger charge is -2.12. The molecule has 98 valence electrons. The molecule has 3 heteroatoms. The van der Waals surface area contributed by atoms with Gasteiger partial charge in [-0.1, -0.05) is 17.7 Å². The molecule has 1 saturated heterocycles. The quantitative estimate of drug-likeness (QED) is 0.776. The fourth-order valence-electron chi connectivity index (χ4n) is 2.29. The zero-order valence-corrected chi connectivity index (χ0v) is 11.2. The van der Waals surface area contributed by atoms with Crippen LogP contribution in [-0.2, 0) is 0 Å². The summed E-state index contributed by atoms with van der Waals surface area (Å²) in [4.78, 5) is 6.70. The van der Waals surface area contributed by atoms with Crippen LogP contribution in [0, 0.1) is 6.92 Å². The second kappa shape index (κ2) is 5.31. The van der Waals surface area contributed by atoms with Crippen molar-refractivity contribution in [1.82, 2.24) is 0 Å². The highest BCUT2D eigenvalue weighted by Crippen LogP contribution is 2.22. The van der Waals surface area contributed by atoms with E-state index in [0.717, 1.165) is 30.4 Å². The van der Waals surface area contributed by atoms with Crippen molar-refractivity contribution in [3.8, 4) is 0 Å². The Morgan fingerprint density at radius 2 is 1.79 bits per heavy atom. The molecular formula is C16H18N2O. The summed E-state index contributed by atoms with van der Waals surface area (Å²) in [6.07, 6.45) is 4.30. The van der Waals surface area contributed by atoms with E-state index in [1.54, 1.807) is 6.21 Å². The topological polar surface area (TPSA) is 28.7 Å². The standard InChI is InChI=1S/C16H18N2O/c1-13-4-6-14(7-5-13)17-12-15-8-9-16(19-15)18-10-2-3-11-18/h4-9,12H,2-3,10-11H2,1H3. The van der Waals surface area contributed by atoms with Crippen LogP contribution in [0.3, 0.4) is 0 Å². The third-order valence-corrected chi connectivity index (χ3v) is 3.41. The number of furan rings is 1. The summed E-state index contributed by atoms with van der Waals surface area (Å²) < 4.78 is 5.79. The highest BCUT2D eigenvalue weighted by atomic mass is 16.4. The van der Waals surface area contributed by atoms with Crippen molar-refractivity contribution in [2.24, 2.45) is 4.99 Å². The molecule has 0 bridgehead atoms. The molecule has 0 amide bonds. The number of aliphatic imine (C=N–C) groups is 1. The summed E-state index contributed by atoms with van der Waals surface area (Å²) >= 11 is 0. The van der Waals surface area contributed by atoms with Crippen molar-refractivity contribution < 1.29 is 4.42 Å². The first-order chi connectivity index (χ1) is 9.31. The van der Waals surface area contributed by atoms with Crippen molar-refractivity contribution in [3.63, 3.8) is 0 Å². The molecule has 0 aliphatic carbocycles. The summed E-state index contributed by atoms with van der Waals surface area (Å²) in [5.74, 6) is 1.77. The summed E-state index contributed by atoms with van der Waals surface area (Å²) in [6.45, 7) is 4.27. The highest BCUT2D eigenvalue weighted by Gasteiger charge is 2.14. The van der Waals surface area contributed by atoms with Crippen LogP contribution in [0.5, 0.6) is 0 Å². The van der Waals surface area contributed by atoms with Gasteiger partial charge in [-0.2, -0.15) is 0 Å². The molecule has 1 fully saturated rings. The van der Waals surface area contributed by atoms with Gasteiger partial charge in [0.05, 0.1) is 11.9 Å². The summed E-state index contributed by atoms with van der Waals surface area (Å²) in [6, 6.07) is 12.1. The molecule has 0 spiro atoms. The first kappa shape index (κ1) is 12.0. The van der Waals surface area contributed by atoms with Gasteiger partial charge in [0.25, 0.3) is 0 Å². The molecule has 19 heavy (non-hydrogen) atoms. The van der Waals surface area contributed by atoms with Crippen LogP contribution in [0.1, 0.15) is 24.2 Å². The number of benzene rings is 1. The second-order valence-corrected chi connectivity index (χ2v) is 4.96. The van der Waals surface area contributed by atoms with Gasteiger partial charge in [-0.25, -0.2) is 0 Å². The molecule has 0 atom stereocenters. The molecular weight excluding hydrogens is 236 g/mol. The highest BCUT2D eigenvalue weighted by molar-refractivity contribution is 5.79. The molecule has 1 aromatic carbocycles. The van der Waals surface area contributed by atoms with Crippen LogP contribution >= 0.6 is 0 Å². The predicted octanol–water partition coefficient (Wildman–Crippen LogP) is 3.94. The van der Waals surface area contributed by atoms with Crippen LogP contribution in [-0.4, -0.2) is 19.3 Å². The minimum Gasteiger partial charge on any atom is -0.440 e. The van der Waals surface area contributed by atoms with Gasteiger partial charge in [-0.3, -0.25) is 4.99 Å². The van der Waals surface area contributed by atoms with Crippen molar-refractivity contribution >= 4 is 17.8 Å². The van der Waals surface area contributed by atoms with E-state index in [9.17, 15) is 0 Å². The zero-order valence-electron chi connectivity index (χ0n) is 11.2. The number of nitrogens with zero attached hydrogens (tertiary/aromatic N) is 2. The van der Waals surface area contributed by atoms with Gasteiger partial charge in [0, 0.05) is 19.2 Å². The average Bonchev–Trinajstić information content (AvgIpc) is 3.09. The van der Waals surface area contributed by atoms with E-state index < -0.39 is 0 Å². The molecule has 2 aromatic rings. The third-order valence-electron chi connectivity index (χ3n) is 3.41. The van der Waals surface area contributed by atoms with Crippen molar-refractivity contribution in [2.75, 3.05) is 18.0 Å². The largest absolute Gasteiger partial charge is 0.440 e. The lowest BCUT2D eigenvalue weighted by atomic mass is 10.2. The minimum absolute atomic E-state index is 0.808. The maximum Gasteiger partial charge on any atom is 0.196 e. The van der Waals surface area contributed by atoms with Crippen LogP contribution < -0.4 is 4.90 Å². The van der Waals surface area contributed by atoms with E-state index in [0.29, 0.717) is 0 Å². The van der Waals surface area contributed by atoms with Crippen LogP contribution in [0.2, 0.25) is 0 Å². The average molecular weight is 254 g/mol. The Hall–Kier alpha value is -2.03. The smallest absolute Gasteiger partial charge is 0.196 e. The molecule has 1 aliphatic rings. The Balaban J connectivity index is 1.71. The number of anilines is 1. The molecule has 0 N–H and O–H groups in total. The minimum atomic E-state index is 0.808. The van der Waals surface area contributed by atoms with E-state index in [1.165, 1.54) is 18.4 Å². The summed E-state index contributed by atoms with van der Waals surface area (Å²) in [5.41, 5.74) is 2.19. The van der Waals surface area contributed by atoms with Crippen molar-refractivity contribution in [2.45, 2.75) is 19.8 Å². The Labute approximate surface area is 113 Å². The van der Waals surface area contributed by atoms with Gasteiger partial charge in [-0.05, 0) is 38.0 Å². The number of rotatable bonds is 3. The Morgan fingerprint density at radius 1 is 1.05 bits per heavy atom. The predicted molar refractivity (Wildman–Crippen MR) is 78.6 cm³/mol. The molecule has 1 aromatic heterocycles. The number of hydrogen-bond acceptors (Lipinski definition) is 3. The van der Waals surface area contributed by atoms with E-state index in [2.05, 4.69) is 28.9 Å². The van der Waals surface area contributed by atoms with Gasteiger partial charge in [0.2, 0.25) is 0 Å². The Morgan fingerprint density at radius 3 is 2.53 bits per heavy atom. The first-order valence-electron chi connectivity index (χ1n) is 6.77. The van der Waals surface area contributed by atoms with E-state index in [-0.39, 0.29) is 0 Å². The monoisotopic (exact) mass is 254 g/mol. The molecule has 3 rings (SSSR count). The van der Waals surface area contributed by atoms with E-state index in [1.807, 2.05) is 24.3 Å². The van der Waals surface area contributed by atoms with Gasteiger partial charge < -0.3 is 9.32 Å². The summed E-state index contributed by atoms with van der Waals surface area (Å²) in [7, 11) is 0. The Bertz CT molecular complexity index is 563. The third kappa shape index (κ3) is 2.87. The lowest BCUT2D eigenvalue weighted by Crippen LogP contribution is -2.16. The summed E-state index contributed by atoms with van der Waals surface area (Å²) in [5, 5.41) is 0. The van der Waals surface area contributed by atoms with Gasteiger partial charge in [-0.15, -0.1) is 0 Å². The zero-order chi connectivity index (χ0) is 13.1. The first-order valence-corrected chi connectivity index (χ1v) is 6.77. The van der Waals surface area contributed by atoms with Crippen LogP contribution in [0.4, 0.5) is 11.6 Å². The molecule has 1 aliphatic heterocycles. The SMILES string of the molecule is Cc1ccc(N=Cc2ccc(N3CCCC3)o2)cc1. The van der Waals surface area contributed by atoms with Gasteiger partial charge >= 0.3 is 0 Å². The van der Waals surface area contributed by atoms with Crippen LogP contribution in [0.25, 0.3) is 0 Å². The molecule has 2 heterocycles. The second-order valence-electron chi connectivity index (χ2n) is 4.96. The number of aryl methyl sites for hydroxylation is 1. The normalized spacial score (nSPS) is 15.5. The van der Waals surface area contributed by atoms with Crippen molar-refractivity contribution in [3.05, 3.63) is 47.7 Å². The fourth-order valence-corrected chi connectivity index (χ4v) is 2.29.